The van der Waals surface area contributed by atoms with Crippen LogP contribution in [0.4, 0.5) is 0 Å². The molecule has 0 saturated heterocycles. The Kier molecular flexibility index (Phi) is 7.49. The van der Waals surface area contributed by atoms with Crippen LogP contribution in [0.3, 0.4) is 0 Å². The Morgan fingerprint density at radius 3 is 2.61 bits per heavy atom. The Hall–Kier alpha value is -3.54. The number of ether oxygens (including phenoxy) is 2. The van der Waals surface area contributed by atoms with Crippen molar-refractivity contribution in [1.29, 1.82) is 0 Å². The third-order valence-corrected chi connectivity index (χ3v) is 5.14. The molecule has 0 aliphatic carbocycles. The van der Waals surface area contributed by atoms with Gasteiger partial charge in [-0.3, -0.25) is 9.48 Å². The van der Waals surface area contributed by atoms with E-state index in [-0.39, 0.29) is 12.5 Å². The Morgan fingerprint density at radius 2 is 1.90 bits per heavy atom. The highest BCUT2D eigenvalue weighted by Crippen LogP contribution is 2.28. The van der Waals surface area contributed by atoms with Gasteiger partial charge in [0.2, 0.25) is 0 Å². The number of hydrogen-bond donors (Lipinski definition) is 1. The highest BCUT2D eigenvalue weighted by Gasteiger charge is 2.14. The zero-order valence-electron chi connectivity index (χ0n) is 18.4. The van der Waals surface area contributed by atoms with Crippen LogP contribution in [-0.2, 0) is 24.3 Å². The number of amides is 1. The third kappa shape index (κ3) is 5.75. The number of benzene rings is 2. The number of allylic oxidation sites excluding steroid dienone is 1. The number of carbonyl (C=O) groups is 1. The van der Waals surface area contributed by atoms with Crippen LogP contribution in [0.5, 0.6) is 11.5 Å². The van der Waals surface area contributed by atoms with Crippen LogP contribution < -0.4 is 14.8 Å². The number of nitrogens with zero attached hydrogens (tertiary/aromatic N) is 2. The van der Waals surface area contributed by atoms with Crippen molar-refractivity contribution in [3.63, 3.8) is 0 Å². The number of aryl methyl sites for hydroxylation is 1. The minimum atomic E-state index is -0.202. The van der Waals surface area contributed by atoms with Gasteiger partial charge in [0.15, 0.2) is 18.1 Å². The standard InChI is InChI=1S/C25H29N3O3/c1-5-9-20-12-13-23(24(14-20)30-4)31-17-25(29)26-15-22-18(2)27-28(19(22)3)16-21-10-7-6-8-11-21/h5-8,10-14H,1,9,15-17H2,2-4H3,(H,26,29). The first-order chi connectivity index (χ1) is 15.0. The minimum Gasteiger partial charge on any atom is -0.493 e. The molecule has 0 saturated carbocycles. The van der Waals surface area contributed by atoms with Crippen molar-refractivity contribution in [2.75, 3.05) is 13.7 Å². The maximum Gasteiger partial charge on any atom is 0.258 e. The maximum absolute atomic E-state index is 12.4. The second kappa shape index (κ2) is 10.5. The lowest BCUT2D eigenvalue weighted by Gasteiger charge is -2.12. The van der Waals surface area contributed by atoms with Crippen molar-refractivity contribution in [3.8, 4) is 11.5 Å². The molecular formula is C25H29N3O3. The molecule has 1 N–H and O–H groups in total. The van der Waals surface area contributed by atoms with Crippen LogP contribution in [0.2, 0.25) is 0 Å². The van der Waals surface area contributed by atoms with Crippen molar-refractivity contribution < 1.29 is 14.3 Å². The molecule has 0 radical (unpaired) electrons. The average Bonchev–Trinajstić information content (AvgIpc) is 3.04. The average molecular weight is 420 g/mol. The molecule has 3 rings (SSSR count). The summed E-state index contributed by atoms with van der Waals surface area (Å²) in [5.74, 6) is 0.932. The van der Waals surface area contributed by atoms with Gasteiger partial charge in [-0.2, -0.15) is 5.10 Å². The van der Waals surface area contributed by atoms with E-state index in [0.717, 1.165) is 28.9 Å². The maximum atomic E-state index is 12.4. The molecule has 0 aliphatic heterocycles. The van der Waals surface area contributed by atoms with Gasteiger partial charge in [0.05, 0.1) is 19.3 Å². The molecular weight excluding hydrogens is 390 g/mol. The number of rotatable bonds is 10. The zero-order valence-corrected chi connectivity index (χ0v) is 18.4. The Morgan fingerprint density at radius 1 is 1.13 bits per heavy atom. The second-order valence-electron chi connectivity index (χ2n) is 7.34. The summed E-state index contributed by atoms with van der Waals surface area (Å²) in [6, 6.07) is 15.8. The summed E-state index contributed by atoms with van der Waals surface area (Å²) >= 11 is 0. The summed E-state index contributed by atoms with van der Waals surface area (Å²) in [7, 11) is 1.58. The van der Waals surface area contributed by atoms with Crippen molar-refractivity contribution >= 4 is 5.91 Å². The first kappa shape index (κ1) is 22.2. The third-order valence-electron chi connectivity index (χ3n) is 5.14. The predicted molar refractivity (Wildman–Crippen MR) is 121 cm³/mol. The Labute approximate surface area is 183 Å². The lowest BCUT2D eigenvalue weighted by molar-refractivity contribution is -0.123. The summed E-state index contributed by atoms with van der Waals surface area (Å²) in [4.78, 5) is 12.4. The van der Waals surface area contributed by atoms with E-state index in [1.807, 2.05) is 61.0 Å². The van der Waals surface area contributed by atoms with Crippen LogP contribution in [-0.4, -0.2) is 29.4 Å². The quantitative estimate of drug-likeness (QED) is 0.505. The highest BCUT2D eigenvalue weighted by atomic mass is 16.5. The van der Waals surface area contributed by atoms with Crippen molar-refractivity contribution in [2.24, 2.45) is 0 Å². The number of carbonyl (C=O) groups excluding carboxylic acids is 1. The molecule has 0 unspecified atom stereocenters. The van der Waals surface area contributed by atoms with Crippen molar-refractivity contribution in [1.82, 2.24) is 15.1 Å². The Bertz CT molecular complexity index is 1040. The molecule has 162 valence electrons. The van der Waals surface area contributed by atoms with Gasteiger partial charge in [-0.1, -0.05) is 42.5 Å². The molecule has 1 aromatic heterocycles. The predicted octanol–water partition coefficient (Wildman–Crippen LogP) is 3.98. The first-order valence-electron chi connectivity index (χ1n) is 10.3. The van der Waals surface area contributed by atoms with Crippen molar-refractivity contribution in [3.05, 3.63) is 89.3 Å². The van der Waals surface area contributed by atoms with Crippen LogP contribution in [0.15, 0.2) is 61.2 Å². The summed E-state index contributed by atoms with van der Waals surface area (Å²) in [6.07, 6.45) is 2.57. The Balaban J connectivity index is 1.57. The highest BCUT2D eigenvalue weighted by molar-refractivity contribution is 5.77. The molecule has 0 atom stereocenters. The largest absolute Gasteiger partial charge is 0.493 e. The molecule has 31 heavy (non-hydrogen) atoms. The van der Waals surface area contributed by atoms with Crippen molar-refractivity contribution in [2.45, 2.75) is 33.4 Å². The smallest absolute Gasteiger partial charge is 0.258 e. The molecule has 3 aromatic rings. The number of nitrogens with one attached hydrogen (secondary N) is 1. The number of aromatic nitrogens is 2. The SMILES string of the molecule is C=CCc1ccc(OCC(=O)NCc2c(C)nn(Cc3ccccc3)c2C)c(OC)c1. The topological polar surface area (TPSA) is 65.4 Å². The van der Waals surface area contributed by atoms with Gasteiger partial charge >= 0.3 is 0 Å². The molecule has 6 heteroatoms. The van der Waals surface area contributed by atoms with Crippen LogP contribution in [0.25, 0.3) is 0 Å². The molecule has 1 amide bonds. The van der Waals surface area contributed by atoms with Gasteiger partial charge in [-0.05, 0) is 43.5 Å². The van der Waals surface area contributed by atoms with E-state index < -0.39 is 0 Å². The fraction of sp³-hybridized carbons (Fsp3) is 0.280. The van der Waals surface area contributed by atoms with Crippen LogP contribution in [0, 0.1) is 13.8 Å². The van der Waals surface area contributed by atoms with E-state index >= 15 is 0 Å². The summed E-state index contributed by atoms with van der Waals surface area (Å²) in [5.41, 5.74) is 5.24. The molecule has 0 bridgehead atoms. The normalized spacial score (nSPS) is 10.5. The fourth-order valence-corrected chi connectivity index (χ4v) is 3.41. The second-order valence-corrected chi connectivity index (χ2v) is 7.34. The number of hydrogen-bond acceptors (Lipinski definition) is 4. The summed E-state index contributed by atoms with van der Waals surface area (Å²) in [6.45, 7) is 8.74. The van der Waals surface area contributed by atoms with E-state index in [1.54, 1.807) is 7.11 Å². The molecule has 0 fully saturated rings. The van der Waals surface area contributed by atoms with Crippen LogP contribution in [0.1, 0.15) is 28.1 Å². The minimum absolute atomic E-state index is 0.0899. The molecule has 0 spiro atoms. The van der Waals surface area contributed by atoms with E-state index in [1.165, 1.54) is 5.56 Å². The zero-order chi connectivity index (χ0) is 22.2. The van der Waals surface area contributed by atoms with E-state index in [9.17, 15) is 4.79 Å². The monoisotopic (exact) mass is 419 g/mol. The molecule has 2 aromatic carbocycles. The van der Waals surface area contributed by atoms with Gasteiger partial charge in [0.25, 0.3) is 5.91 Å². The molecule has 0 aliphatic rings. The van der Waals surface area contributed by atoms with Gasteiger partial charge in [-0.25, -0.2) is 0 Å². The van der Waals surface area contributed by atoms with E-state index in [0.29, 0.717) is 24.6 Å². The first-order valence-corrected chi connectivity index (χ1v) is 10.3. The lowest BCUT2D eigenvalue weighted by atomic mass is 10.1. The van der Waals surface area contributed by atoms with E-state index in [4.69, 9.17) is 9.47 Å². The molecule has 1 heterocycles. The summed E-state index contributed by atoms with van der Waals surface area (Å²) < 4.78 is 13.0. The lowest BCUT2D eigenvalue weighted by Crippen LogP contribution is -2.28. The van der Waals surface area contributed by atoms with Gasteiger partial charge in [-0.15, -0.1) is 6.58 Å². The van der Waals surface area contributed by atoms with Gasteiger partial charge in [0.1, 0.15) is 0 Å². The molecule has 6 nitrogen and oxygen atoms in total. The van der Waals surface area contributed by atoms with E-state index in [2.05, 4.69) is 29.1 Å². The van der Waals surface area contributed by atoms with Gasteiger partial charge < -0.3 is 14.8 Å². The fourth-order valence-electron chi connectivity index (χ4n) is 3.41. The summed E-state index contributed by atoms with van der Waals surface area (Å²) in [5, 5.41) is 7.56. The van der Waals surface area contributed by atoms with Crippen LogP contribution >= 0.6 is 0 Å². The number of methoxy groups -OCH3 is 1. The van der Waals surface area contributed by atoms with Gasteiger partial charge in [0, 0.05) is 17.8 Å².